The summed E-state index contributed by atoms with van der Waals surface area (Å²) in [5.41, 5.74) is 0. The zero-order chi connectivity index (χ0) is 8.10. The second-order valence-electron chi connectivity index (χ2n) is 3.17. The molecule has 1 fully saturated rings. The molecule has 1 rings (SSSR count). The van der Waals surface area contributed by atoms with Crippen molar-refractivity contribution in [2.45, 2.75) is 38.5 Å². The van der Waals surface area contributed by atoms with Gasteiger partial charge in [-0.25, -0.2) is 4.79 Å². The Morgan fingerprint density at radius 3 is 2.55 bits per heavy atom. The number of carbonyl (C=O) groups excluding carboxylic acids is 1. The van der Waals surface area contributed by atoms with Crippen molar-refractivity contribution >= 4 is 5.97 Å². The molecule has 1 aliphatic carbocycles. The molecule has 0 unspecified atom stereocenters. The largest absolute Gasteiger partial charge is 0.342 e. The average molecular weight is 158 g/mol. The third-order valence-electron chi connectivity index (χ3n) is 2.28. The first-order valence-electron chi connectivity index (χ1n) is 4.17. The van der Waals surface area contributed by atoms with Gasteiger partial charge in [-0.3, -0.25) is 0 Å². The zero-order valence-corrected chi connectivity index (χ0v) is 6.58. The van der Waals surface area contributed by atoms with Gasteiger partial charge in [-0.15, -0.1) is 0 Å². The molecule has 11 heavy (non-hydrogen) atoms. The van der Waals surface area contributed by atoms with Crippen LogP contribution in [0.2, 0.25) is 0 Å². The lowest BCUT2D eigenvalue weighted by molar-refractivity contribution is -0.235. The Balaban J connectivity index is 2.19. The van der Waals surface area contributed by atoms with E-state index in [4.69, 9.17) is 5.26 Å². The summed E-state index contributed by atoms with van der Waals surface area (Å²) in [6, 6.07) is 0. The maximum Gasteiger partial charge on any atom is 0.342 e. The van der Waals surface area contributed by atoms with Crippen LogP contribution in [-0.2, 0) is 9.68 Å². The highest BCUT2D eigenvalue weighted by atomic mass is 17.1. The van der Waals surface area contributed by atoms with Crippen LogP contribution in [-0.4, -0.2) is 11.2 Å². The molecule has 0 spiro atoms. The standard InChI is InChI=1S/C8H14O3/c9-8(11-10)6-7-4-2-1-3-5-7/h7,10H,1-6H2. The van der Waals surface area contributed by atoms with Gasteiger partial charge in [0.25, 0.3) is 0 Å². The highest BCUT2D eigenvalue weighted by Crippen LogP contribution is 2.26. The number of rotatable bonds is 2. The zero-order valence-electron chi connectivity index (χ0n) is 6.58. The first kappa shape index (κ1) is 8.53. The van der Waals surface area contributed by atoms with Crippen molar-refractivity contribution in [1.82, 2.24) is 0 Å². The number of carbonyl (C=O) groups is 1. The summed E-state index contributed by atoms with van der Waals surface area (Å²) in [4.78, 5) is 14.2. The predicted molar refractivity (Wildman–Crippen MR) is 39.9 cm³/mol. The molecule has 0 heterocycles. The monoisotopic (exact) mass is 158 g/mol. The van der Waals surface area contributed by atoms with Crippen LogP contribution in [0.5, 0.6) is 0 Å². The van der Waals surface area contributed by atoms with Crippen molar-refractivity contribution in [2.75, 3.05) is 0 Å². The fraction of sp³-hybridized carbons (Fsp3) is 0.875. The third-order valence-corrected chi connectivity index (χ3v) is 2.28. The van der Waals surface area contributed by atoms with Crippen LogP contribution < -0.4 is 0 Å². The maximum atomic E-state index is 10.6. The number of hydrogen-bond acceptors (Lipinski definition) is 3. The molecular formula is C8H14O3. The minimum Gasteiger partial charge on any atom is -0.301 e. The maximum absolute atomic E-state index is 10.6. The third kappa shape index (κ3) is 2.89. The van der Waals surface area contributed by atoms with Crippen molar-refractivity contribution in [1.29, 1.82) is 0 Å². The van der Waals surface area contributed by atoms with Gasteiger partial charge in [0.05, 0.1) is 6.42 Å². The lowest BCUT2D eigenvalue weighted by atomic mass is 9.87. The summed E-state index contributed by atoms with van der Waals surface area (Å²) >= 11 is 0. The highest BCUT2D eigenvalue weighted by molar-refractivity contribution is 5.68. The molecule has 3 heteroatoms. The molecule has 0 amide bonds. The Kier molecular flexibility index (Phi) is 3.36. The van der Waals surface area contributed by atoms with E-state index in [1.54, 1.807) is 0 Å². The summed E-state index contributed by atoms with van der Waals surface area (Å²) in [6.07, 6.45) is 6.30. The van der Waals surface area contributed by atoms with E-state index in [0.29, 0.717) is 12.3 Å². The Hall–Kier alpha value is -0.570. The fourth-order valence-corrected chi connectivity index (χ4v) is 1.66. The summed E-state index contributed by atoms with van der Waals surface area (Å²) in [7, 11) is 0. The molecule has 0 bridgehead atoms. The van der Waals surface area contributed by atoms with E-state index in [-0.39, 0.29) is 0 Å². The molecule has 0 radical (unpaired) electrons. The molecule has 0 saturated heterocycles. The van der Waals surface area contributed by atoms with Gasteiger partial charge in [0.1, 0.15) is 0 Å². The molecule has 64 valence electrons. The van der Waals surface area contributed by atoms with Gasteiger partial charge >= 0.3 is 5.97 Å². The Morgan fingerprint density at radius 2 is 2.00 bits per heavy atom. The molecule has 0 aromatic carbocycles. The van der Waals surface area contributed by atoms with Crippen LogP contribution in [0.25, 0.3) is 0 Å². The second-order valence-corrected chi connectivity index (χ2v) is 3.17. The van der Waals surface area contributed by atoms with E-state index in [0.717, 1.165) is 12.8 Å². The van der Waals surface area contributed by atoms with Gasteiger partial charge in [0.15, 0.2) is 0 Å². The van der Waals surface area contributed by atoms with E-state index >= 15 is 0 Å². The molecule has 1 aliphatic rings. The van der Waals surface area contributed by atoms with Crippen LogP contribution in [0.4, 0.5) is 0 Å². The van der Waals surface area contributed by atoms with E-state index < -0.39 is 5.97 Å². The molecule has 3 nitrogen and oxygen atoms in total. The van der Waals surface area contributed by atoms with Gasteiger partial charge in [0, 0.05) is 0 Å². The van der Waals surface area contributed by atoms with Crippen LogP contribution in [0.3, 0.4) is 0 Å². The molecule has 0 aliphatic heterocycles. The summed E-state index contributed by atoms with van der Waals surface area (Å²) in [5.74, 6) is -0.0414. The summed E-state index contributed by atoms with van der Waals surface area (Å²) < 4.78 is 0. The fourth-order valence-electron chi connectivity index (χ4n) is 1.66. The Morgan fingerprint density at radius 1 is 1.36 bits per heavy atom. The van der Waals surface area contributed by atoms with E-state index in [1.807, 2.05) is 0 Å². The molecular weight excluding hydrogens is 144 g/mol. The van der Waals surface area contributed by atoms with Crippen LogP contribution >= 0.6 is 0 Å². The first-order chi connectivity index (χ1) is 5.33. The van der Waals surface area contributed by atoms with Crippen molar-refractivity contribution in [3.8, 4) is 0 Å². The van der Waals surface area contributed by atoms with Crippen LogP contribution in [0.15, 0.2) is 0 Å². The van der Waals surface area contributed by atoms with Crippen molar-refractivity contribution in [2.24, 2.45) is 5.92 Å². The highest BCUT2D eigenvalue weighted by Gasteiger charge is 2.17. The summed E-state index contributed by atoms with van der Waals surface area (Å²) in [5, 5.41) is 8.02. The predicted octanol–water partition coefficient (Wildman–Crippen LogP) is 1.97. The Bertz CT molecular complexity index is 127. The van der Waals surface area contributed by atoms with Gasteiger partial charge in [-0.2, -0.15) is 5.26 Å². The smallest absolute Gasteiger partial charge is 0.301 e. The van der Waals surface area contributed by atoms with Crippen molar-refractivity contribution in [3.63, 3.8) is 0 Å². The van der Waals surface area contributed by atoms with Gasteiger partial charge in [-0.1, -0.05) is 19.3 Å². The van der Waals surface area contributed by atoms with Crippen LogP contribution in [0, 0.1) is 5.92 Å². The van der Waals surface area contributed by atoms with Crippen LogP contribution in [0.1, 0.15) is 38.5 Å². The summed E-state index contributed by atoms with van der Waals surface area (Å²) in [6.45, 7) is 0. The normalized spacial score (nSPS) is 19.7. The SMILES string of the molecule is O=C(CC1CCCCC1)OO. The minimum absolute atomic E-state index is 0.385. The van der Waals surface area contributed by atoms with Crippen molar-refractivity contribution in [3.05, 3.63) is 0 Å². The van der Waals surface area contributed by atoms with E-state index in [1.165, 1.54) is 19.3 Å². The van der Waals surface area contributed by atoms with Gasteiger partial charge in [-0.05, 0) is 18.8 Å². The Labute approximate surface area is 66.3 Å². The van der Waals surface area contributed by atoms with E-state index in [9.17, 15) is 4.79 Å². The molecule has 0 aromatic heterocycles. The topological polar surface area (TPSA) is 46.5 Å². The van der Waals surface area contributed by atoms with Gasteiger partial charge < -0.3 is 4.89 Å². The second kappa shape index (κ2) is 4.34. The lowest BCUT2D eigenvalue weighted by Gasteiger charge is -2.19. The average Bonchev–Trinajstić information content (AvgIpc) is 2.06. The molecule has 0 aromatic rings. The van der Waals surface area contributed by atoms with E-state index in [2.05, 4.69) is 4.89 Å². The molecule has 1 N–H and O–H groups in total. The quantitative estimate of drug-likeness (QED) is 0.493. The molecule has 0 atom stereocenters. The minimum atomic E-state index is -0.489. The molecule has 1 saturated carbocycles. The lowest BCUT2D eigenvalue weighted by Crippen LogP contribution is -2.12. The van der Waals surface area contributed by atoms with Gasteiger partial charge in [0.2, 0.25) is 0 Å². The first-order valence-corrected chi connectivity index (χ1v) is 4.17. The van der Waals surface area contributed by atoms with Crippen molar-refractivity contribution < 1.29 is 14.9 Å². The number of hydrogen-bond donors (Lipinski definition) is 1.